The third-order valence-electron chi connectivity index (χ3n) is 1.77. The predicted octanol–water partition coefficient (Wildman–Crippen LogP) is 1.71. The van der Waals surface area contributed by atoms with Gasteiger partial charge in [0.1, 0.15) is 12.0 Å². The minimum absolute atomic E-state index is 0.0250. The molecule has 5 heteroatoms. The molecule has 1 atom stereocenters. The maximum absolute atomic E-state index is 11.5. The van der Waals surface area contributed by atoms with E-state index >= 15 is 0 Å². The van der Waals surface area contributed by atoms with E-state index in [9.17, 15) is 4.79 Å². The number of hydrogen-bond acceptors (Lipinski definition) is 3. The summed E-state index contributed by atoms with van der Waals surface area (Å²) < 4.78 is 4.64. The highest BCUT2D eigenvalue weighted by Gasteiger charge is 2.18. The number of amides is 1. The maximum Gasteiger partial charge on any atom is 0.234 e. The minimum atomic E-state index is -0.158. The Balaban J connectivity index is 2.35. The second kappa shape index (κ2) is 5.14. The van der Waals surface area contributed by atoms with Crippen LogP contribution in [0.5, 0.6) is 0 Å². The summed E-state index contributed by atoms with van der Waals surface area (Å²) in [6.45, 7) is 4.37. The van der Waals surface area contributed by atoms with Gasteiger partial charge < -0.3 is 9.84 Å². The van der Waals surface area contributed by atoms with Crippen molar-refractivity contribution in [2.45, 2.75) is 25.2 Å². The topological polar surface area (TPSA) is 55.1 Å². The van der Waals surface area contributed by atoms with Gasteiger partial charge in [-0.05, 0) is 5.92 Å². The molecule has 0 saturated heterocycles. The first-order chi connectivity index (χ1) is 6.61. The van der Waals surface area contributed by atoms with Crippen molar-refractivity contribution in [3.8, 4) is 0 Å². The lowest BCUT2D eigenvalue weighted by molar-refractivity contribution is -0.121. The third-order valence-corrected chi connectivity index (χ3v) is 3.24. The lowest BCUT2D eigenvalue weighted by Crippen LogP contribution is -2.33. The van der Waals surface area contributed by atoms with Gasteiger partial charge in [0.15, 0.2) is 0 Å². The fourth-order valence-corrected chi connectivity index (χ4v) is 1.07. The molecule has 4 nitrogen and oxygen atoms in total. The molecule has 0 aliphatic heterocycles. The quantitative estimate of drug-likeness (QED) is 0.839. The van der Waals surface area contributed by atoms with Crippen LogP contribution in [0, 0.1) is 5.92 Å². The average molecular weight is 261 g/mol. The van der Waals surface area contributed by atoms with E-state index in [1.807, 2.05) is 13.8 Å². The molecule has 0 fully saturated rings. The van der Waals surface area contributed by atoms with E-state index in [-0.39, 0.29) is 16.7 Å². The summed E-state index contributed by atoms with van der Waals surface area (Å²) in [5.41, 5.74) is 0.724. The van der Waals surface area contributed by atoms with E-state index in [4.69, 9.17) is 0 Å². The van der Waals surface area contributed by atoms with Crippen LogP contribution >= 0.6 is 15.9 Å². The van der Waals surface area contributed by atoms with E-state index in [1.54, 1.807) is 6.07 Å². The molecule has 1 aromatic heterocycles. The number of hydrogen-bond donors (Lipinski definition) is 1. The van der Waals surface area contributed by atoms with Gasteiger partial charge >= 0.3 is 0 Å². The first kappa shape index (κ1) is 11.2. The van der Waals surface area contributed by atoms with Crippen molar-refractivity contribution >= 4 is 21.8 Å². The number of nitrogens with zero attached hydrogens (tertiary/aromatic N) is 1. The van der Waals surface area contributed by atoms with Gasteiger partial charge in [0.2, 0.25) is 5.91 Å². The molecule has 1 aromatic rings. The van der Waals surface area contributed by atoms with Crippen LogP contribution in [-0.2, 0) is 11.3 Å². The molecule has 0 aliphatic carbocycles. The Kier molecular flexibility index (Phi) is 4.13. The molecule has 0 radical (unpaired) electrons. The van der Waals surface area contributed by atoms with Crippen LogP contribution in [0.25, 0.3) is 0 Å². The average Bonchev–Trinajstić information content (AvgIpc) is 2.65. The monoisotopic (exact) mass is 260 g/mol. The predicted molar refractivity (Wildman–Crippen MR) is 55.9 cm³/mol. The first-order valence-corrected chi connectivity index (χ1v) is 5.34. The van der Waals surface area contributed by atoms with E-state index < -0.39 is 0 Å². The summed E-state index contributed by atoms with van der Waals surface area (Å²) in [5, 5.41) is 6.45. The molecule has 1 rings (SSSR count). The molecule has 0 aromatic carbocycles. The molecule has 1 heterocycles. The summed E-state index contributed by atoms with van der Waals surface area (Å²) in [4.78, 5) is 11.3. The highest BCUT2D eigenvalue weighted by molar-refractivity contribution is 9.10. The Morgan fingerprint density at radius 1 is 1.71 bits per heavy atom. The Morgan fingerprint density at radius 3 is 2.93 bits per heavy atom. The number of halogens is 1. The van der Waals surface area contributed by atoms with E-state index in [2.05, 4.69) is 30.9 Å². The Bertz CT molecular complexity index is 285. The van der Waals surface area contributed by atoms with Crippen LogP contribution in [0.2, 0.25) is 0 Å². The van der Waals surface area contributed by atoms with Gasteiger partial charge in [0, 0.05) is 6.07 Å². The van der Waals surface area contributed by atoms with Gasteiger partial charge in [0.05, 0.1) is 11.4 Å². The smallest absolute Gasteiger partial charge is 0.234 e. The number of alkyl halides is 1. The molecule has 0 aliphatic rings. The highest BCUT2D eigenvalue weighted by atomic mass is 79.9. The van der Waals surface area contributed by atoms with Crippen molar-refractivity contribution in [3.63, 3.8) is 0 Å². The van der Waals surface area contributed by atoms with Gasteiger partial charge in [-0.3, -0.25) is 4.79 Å². The second-order valence-electron chi connectivity index (χ2n) is 3.35. The zero-order chi connectivity index (χ0) is 10.6. The minimum Gasteiger partial charge on any atom is -0.364 e. The molecule has 1 N–H and O–H groups in total. The van der Waals surface area contributed by atoms with Gasteiger partial charge in [0.25, 0.3) is 0 Å². The number of aromatic nitrogens is 1. The molecule has 0 spiro atoms. The number of nitrogens with one attached hydrogen (secondary N) is 1. The summed E-state index contributed by atoms with van der Waals surface area (Å²) >= 11 is 3.32. The Labute approximate surface area is 91.2 Å². The molecular weight excluding hydrogens is 248 g/mol. The van der Waals surface area contributed by atoms with Gasteiger partial charge in [-0.2, -0.15) is 0 Å². The maximum atomic E-state index is 11.5. The van der Waals surface area contributed by atoms with Gasteiger partial charge in [-0.25, -0.2) is 0 Å². The van der Waals surface area contributed by atoms with Crippen molar-refractivity contribution in [2.24, 2.45) is 5.92 Å². The van der Waals surface area contributed by atoms with Crippen molar-refractivity contribution in [3.05, 3.63) is 18.0 Å². The molecule has 0 saturated carbocycles. The second-order valence-corrected chi connectivity index (χ2v) is 4.34. The van der Waals surface area contributed by atoms with Crippen molar-refractivity contribution in [1.82, 2.24) is 10.5 Å². The molecule has 1 amide bonds. The standard InChI is InChI=1S/C9H13BrN2O2/c1-6(2)8(10)9(13)11-5-7-3-4-14-12-7/h3-4,6,8H,5H2,1-2H3,(H,11,13). The number of carbonyl (C=O) groups is 1. The van der Waals surface area contributed by atoms with E-state index in [0.29, 0.717) is 6.54 Å². The zero-order valence-corrected chi connectivity index (χ0v) is 9.74. The Hall–Kier alpha value is -0.840. The van der Waals surface area contributed by atoms with Crippen molar-refractivity contribution in [1.29, 1.82) is 0 Å². The first-order valence-electron chi connectivity index (χ1n) is 4.42. The van der Waals surface area contributed by atoms with Crippen LogP contribution in [0.15, 0.2) is 16.9 Å². The fourth-order valence-electron chi connectivity index (χ4n) is 0.907. The number of rotatable bonds is 4. The molecular formula is C9H13BrN2O2. The largest absolute Gasteiger partial charge is 0.364 e. The summed E-state index contributed by atoms with van der Waals surface area (Å²) in [5.74, 6) is 0.246. The SMILES string of the molecule is CC(C)C(Br)C(=O)NCc1ccon1. The fraction of sp³-hybridized carbons (Fsp3) is 0.556. The van der Waals surface area contributed by atoms with E-state index in [0.717, 1.165) is 5.69 Å². The summed E-state index contributed by atoms with van der Waals surface area (Å²) in [6, 6.07) is 1.72. The van der Waals surface area contributed by atoms with Crippen LogP contribution in [0.4, 0.5) is 0 Å². The summed E-state index contributed by atoms with van der Waals surface area (Å²) in [7, 11) is 0. The lowest BCUT2D eigenvalue weighted by Gasteiger charge is -2.12. The Morgan fingerprint density at radius 2 is 2.43 bits per heavy atom. The highest BCUT2D eigenvalue weighted by Crippen LogP contribution is 2.11. The zero-order valence-electron chi connectivity index (χ0n) is 8.16. The summed E-state index contributed by atoms with van der Waals surface area (Å²) in [6.07, 6.45) is 1.48. The van der Waals surface area contributed by atoms with Crippen LogP contribution < -0.4 is 5.32 Å². The van der Waals surface area contributed by atoms with Crippen LogP contribution in [0.3, 0.4) is 0 Å². The van der Waals surface area contributed by atoms with Gasteiger partial charge in [-0.15, -0.1) is 0 Å². The van der Waals surface area contributed by atoms with Gasteiger partial charge in [-0.1, -0.05) is 34.9 Å². The number of carbonyl (C=O) groups excluding carboxylic acids is 1. The molecule has 0 bridgehead atoms. The van der Waals surface area contributed by atoms with Crippen LogP contribution in [0.1, 0.15) is 19.5 Å². The lowest BCUT2D eigenvalue weighted by atomic mass is 10.1. The molecule has 78 valence electrons. The van der Waals surface area contributed by atoms with E-state index in [1.165, 1.54) is 6.26 Å². The van der Waals surface area contributed by atoms with Crippen molar-refractivity contribution < 1.29 is 9.32 Å². The third kappa shape index (κ3) is 3.14. The van der Waals surface area contributed by atoms with Crippen molar-refractivity contribution in [2.75, 3.05) is 0 Å². The molecule has 14 heavy (non-hydrogen) atoms. The molecule has 1 unspecified atom stereocenters. The normalized spacial score (nSPS) is 12.9. The van der Waals surface area contributed by atoms with Crippen LogP contribution in [-0.4, -0.2) is 15.9 Å².